The molecule has 0 saturated carbocycles. The molecule has 5 heteroatoms. The summed E-state index contributed by atoms with van der Waals surface area (Å²) in [6.45, 7) is 2.72. The highest BCUT2D eigenvalue weighted by Crippen LogP contribution is 2.28. The summed E-state index contributed by atoms with van der Waals surface area (Å²) in [6, 6.07) is 12.2. The fraction of sp³-hybridized carbons (Fsp3) is 0.389. The van der Waals surface area contributed by atoms with Gasteiger partial charge in [-0.25, -0.2) is 4.98 Å². The molecule has 1 aliphatic heterocycles. The molecular formula is C18H21N3OS. The number of nitrogens with one attached hydrogen (secondary N) is 1. The summed E-state index contributed by atoms with van der Waals surface area (Å²) >= 11 is 1.62. The number of aromatic nitrogens is 2. The predicted octanol–water partition coefficient (Wildman–Crippen LogP) is 3.54. The van der Waals surface area contributed by atoms with Crippen molar-refractivity contribution in [3.8, 4) is 0 Å². The van der Waals surface area contributed by atoms with E-state index in [1.54, 1.807) is 11.3 Å². The van der Waals surface area contributed by atoms with Gasteiger partial charge in [-0.1, -0.05) is 18.2 Å². The van der Waals surface area contributed by atoms with Gasteiger partial charge in [0.1, 0.15) is 11.9 Å². The van der Waals surface area contributed by atoms with E-state index < -0.39 is 0 Å². The number of benzene rings is 1. The van der Waals surface area contributed by atoms with Crippen molar-refractivity contribution in [2.24, 2.45) is 0 Å². The molecule has 0 spiro atoms. The predicted molar refractivity (Wildman–Crippen MR) is 93.8 cm³/mol. The van der Waals surface area contributed by atoms with Gasteiger partial charge in [-0.2, -0.15) is 0 Å². The largest absolute Gasteiger partial charge is 0.386 e. The zero-order valence-electron chi connectivity index (χ0n) is 13.0. The number of rotatable bonds is 4. The maximum Gasteiger partial charge on any atom is 0.111 e. The number of para-hydroxylation sites is 2. The molecule has 0 aliphatic carbocycles. The minimum atomic E-state index is -0.385. The zero-order chi connectivity index (χ0) is 15.6. The van der Waals surface area contributed by atoms with Gasteiger partial charge >= 0.3 is 0 Å². The van der Waals surface area contributed by atoms with Gasteiger partial charge in [-0.05, 0) is 43.0 Å². The summed E-state index contributed by atoms with van der Waals surface area (Å²) in [5.74, 6) is 1.51. The van der Waals surface area contributed by atoms with E-state index in [0.717, 1.165) is 47.7 Å². The van der Waals surface area contributed by atoms with Crippen LogP contribution < -0.4 is 0 Å². The first-order valence-electron chi connectivity index (χ1n) is 8.18. The van der Waals surface area contributed by atoms with Gasteiger partial charge in [-0.3, -0.25) is 4.90 Å². The summed E-state index contributed by atoms with van der Waals surface area (Å²) in [7, 11) is 0. The van der Waals surface area contributed by atoms with Crippen LogP contribution in [0.2, 0.25) is 0 Å². The molecule has 1 saturated heterocycles. The van der Waals surface area contributed by atoms with Gasteiger partial charge in [0.2, 0.25) is 0 Å². The number of hydrogen-bond acceptors (Lipinski definition) is 4. The second kappa shape index (κ2) is 6.43. The van der Waals surface area contributed by atoms with Crippen molar-refractivity contribution in [2.75, 3.05) is 19.6 Å². The van der Waals surface area contributed by atoms with Gasteiger partial charge < -0.3 is 10.1 Å². The van der Waals surface area contributed by atoms with E-state index in [1.165, 1.54) is 0 Å². The number of β-amino-alcohol motifs (C(OH)–C–C–N with tert-alkyl or cyclic N) is 1. The summed E-state index contributed by atoms with van der Waals surface area (Å²) < 4.78 is 0. The van der Waals surface area contributed by atoms with Crippen LogP contribution in [0.3, 0.4) is 0 Å². The lowest BCUT2D eigenvalue weighted by Crippen LogP contribution is -2.37. The molecule has 1 aromatic carbocycles. The molecule has 23 heavy (non-hydrogen) atoms. The Morgan fingerprint density at radius 2 is 2.22 bits per heavy atom. The molecule has 2 N–H and O–H groups in total. The van der Waals surface area contributed by atoms with Gasteiger partial charge in [0.15, 0.2) is 0 Å². The summed E-state index contributed by atoms with van der Waals surface area (Å²) in [6.07, 6.45) is 1.93. The monoisotopic (exact) mass is 327 g/mol. The minimum absolute atomic E-state index is 0.385. The topological polar surface area (TPSA) is 52.1 Å². The number of hydrogen-bond donors (Lipinski definition) is 2. The molecule has 120 valence electrons. The number of aromatic amines is 1. The lowest BCUT2D eigenvalue weighted by atomic mass is 9.97. The average Bonchev–Trinajstić information content (AvgIpc) is 3.24. The smallest absolute Gasteiger partial charge is 0.111 e. The molecule has 4 nitrogen and oxygen atoms in total. The first kappa shape index (κ1) is 14.9. The van der Waals surface area contributed by atoms with Crippen molar-refractivity contribution in [1.82, 2.24) is 14.9 Å². The van der Waals surface area contributed by atoms with Crippen molar-refractivity contribution in [3.05, 3.63) is 52.5 Å². The highest BCUT2D eigenvalue weighted by Gasteiger charge is 2.25. The lowest BCUT2D eigenvalue weighted by molar-refractivity contribution is 0.0969. The molecule has 2 aromatic heterocycles. The van der Waals surface area contributed by atoms with E-state index in [1.807, 2.05) is 29.6 Å². The second-order valence-corrected chi connectivity index (χ2v) is 7.25. The summed E-state index contributed by atoms with van der Waals surface area (Å²) in [5.41, 5.74) is 2.15. The Balaban J connectivity index is 1.46. The Hall–Kier alpha value is -1.69. The van der Waals surface area contributed by atoms with E-state index >= 15 is 0 Å². The van der Waals surface area contributed by atoms with Crippen LogP contribution >= 0.6 is 11.3 Å². The molecule has 0 unspecified atom stereocenters. The number of likely N-dealkylation sites (tertiary alicyclic amines) is 1. The SMILES string of the molecule is O[C@@H](CN1CCC[C@@H](c2nc3ccccc3[nH]2)C1)c1cccs1. The molecule has 3 aromatic rings. The number of piperidine rings is 1. The van der Waals surface area contributed by atoms with Crippen LogP contribution in [0.4, 0.5) is 0 Å². The fourth-order valence-corrected chi connectivity index (χ4v) is 4.13. The van der Waals surface area contributed by atoms with Gasteiger partial charge in [0, 0.05) is 23.9 Å². The third-order valence-electron chi connectivity index (χ3n) is 4.60. The number of aliphatic hydroxyl groups is 1. The van der Waals surface area contributed by atoms with Crippen molar-refractivity contribution in [1.29, 1.82) is 0 Å². The summed E-state index contributed by atoms with van der Waals surface area (Å²) in [5, 5.41) is 12.4. The molecule has 0 amide bonds. The quantitative estimate of drug-likeness (QED) is 0.771. The van der Waals surface area contributed by atoms with Crippen LogP contribution in [-0.4, -0.2) is 39.6 Å². The highest BCUT2D eigenvalue weighted by atomic mass is 32.1. The number of nitrogens with zero attached hydrogens (tertiary/aromatic N) is 2. The third kappa shape index (κ3) is 3.17. The van der Waals surface area contributed by atoms with Crippen LogP contribution in [0.15, 0.2) is 41.8 Å². The number of fused-ring (bicyclic) bond motifs is 1. The van der Waals surface area contributed by atoms with E-state index in [9.17, 15) is 5.11 Å². The average molecular weight is 327 g/mol. The Kier molecular flexibility index (Phi) is 4.16. The standard InChI is InChI=1S/C18H21N3OS/c22-16(17-8-4-10-23-17)12-21-9-3-5-13(11-21)18-19-14-6-1-2-7-15(14)20-18/h1-2,4,6-8,10,13,16,22H,3,5,9,11-12H2,(H,19,20)/t13-,16+/m1/s1. The second-order valence-electron chi connectivity index (χ2n) is 6.27. The Bertz CT molecular complexity index is 735. The number of thiophene rings is 1. The van der Waals surface area contributed by atoms with Crippen LogP contribution in [0.5, 0.6) is 0 Å². The number of imidazole rings is 1. The van der Waals surface area contributed by atoms with Crippen LogP contribution in [0, 0.1) is 0 Å². The van der Waals surface area contributed by atoms with E-state index in [2.05, 4.69) is 22.0 Å². The molecule has 1 aliphatic rings. The molecule has 0 bridgehead atoms. The first-order chi connectivity index (χ1) is 11.3. The van der Waals surface area contributed by atoms with Crippen LogP contribution in [0.1, 0.15) is 35.6 Å². The molecular weight excluding hydrogens is 306 g/mol. The van der Waals surface area contributed by atoms with Gasteiger partial charge in [0.25, 0.3) is 0 Å². The highest BCUT2D eigenvalue weighted by molar-refractivity contribution is 7.10. The van der Waals surface area contributed by atoms with Gasteiger partial charge in [0.05, 0.1) is 11.0 Å². The van der Waals surface area contributed by atoms with Gasteiger partial charge in [-0.15, -0.1) is 11.3 Å². The lowest BCUT2D eigenvalue weighted by Gasteiger charge is -2.32. The van der Waals surface area contributed by atoms with E-state index in [4.69, 9.17) is 4.98 Å². The van der Waals surface area contributed by atoms with Crippen LogP contribution in [0.25, 0.3) is 11.0 Å². The number of aliphatic hydroxyl groups excluding tert-OH is 1. The normalized spacial score (nSPS) is 20.8. The van der Waals surface area contributed by atoms with Crippen LogP contribution in [-0.2, 0) is 0 Å². The summed E-state index contributed by atoms with van der Waals surface area (Å²) in [4.78, 5) is 11.6. The molecule has 0 radical (unpaired) electrons. The van der Waals surface area contributed by atoms with Crippen molar-refractivity contribution >= 4 is 22.4 Å². The Morgan fingerprint density at radius 1 is 1.30 bits per heavy atom. The molecule has 2 atom stereocenters. The minimum Gasteiger partial charge on any atom is -0.386 e. The fourth-order valence-electron chi connectivity index (χ4n) is 3.43. The van der Waals surface area contributed by atoms with Crippen molar-refractivity contribution in [2.45, 2.75) is 24.9 Å². The maximum atomic E-state index is 10.4. The molecule has 4 rings (SSSR count). The van der Waals surface area contributed by atoms with E-state index in [-0.39, 0.29) is 6.10 Å². The maximum absolute atomic E-state index is 10.4. The van der Waals surface area contributed by atoms with Crippen molar-refractivity contribution in [3.63, 3.8) is 0 Å². The number of H-pyrrole nitrogens is 1. The van der Waals surface area contributed by atoms with E-state index in [0.29, 0.717) is 12.5 Å². The Labute approximate surface area is 139 Å². The van der Waals surface area contributed by atoms with Crippen molar-refractivity contribution < 1.29 is 5.11 Å². The zero-order valence-corrected chi connectivity index (χ0v) is 13.8. The molecule has 1 fully saturated rings. The molecule has 3 heterocycles. The Morgan fingerprint density at radius 3 is 3.04 bits per heavy atom. The third-order valence-corrected chi connectivity index (χ3v) is 5.58. The first-order valence-corrected chi connectivity index (χ1v) is 9.06.